The summed E-state index contributed by atoms with van der Waals surface area (Å²) in [5.74, 6) is 1.27. The highest BCUT2D eigenvalue weighted by atomic mass is 16.5. The van der Waals surface area contributed by atoms with Gasteiger partial charge in [0, 0.05) is 50.7 Å². The lowest BCUT2D eigenvalue weighted by Gasteiger charge is -2.52. The highest BCUT2D eigenvalue weighted by Crippen LogP contribution is 2.43. The first-order valence-electron chi connectivity index (χ1n) is 16.2. The van der Waals surface area contributed by atoms with E-state index in [0.29, 0.717) is 36.4 Å². The molecule has 3 atom stereocenters. The van der Waals surface area contributed by atoms with Gasteiger partial charge in [-0.1, -0.05) is 6.42 Å². The second kappa shape index (κ2) is 11.2. The van der Waals surface area contributed by atoms with Crippen molar-refractivity contribution >= 4 is 23.6 Å². The van der Waals surface area contributed by atoms with Crippen molar-refractivity contribution in [3.63, 3.8) is 0 Å². The molecule has 3 saturated heterocycles. The third-order valence-electron chi connectivity index (χ3n) is 11.2. The normalized spacial score (nSPS) is 29.7. The van der Waals surface area contributed by atoms with E-state index in [1.807, 2.05) is 23.1 Å². The van der Waals surface area contributed by atoms with Gasteiger partial charge in [-0.3, -0.25) is 29.4 Å². The molecule has 43 heavy (non-hydrogen) atoms. The molecule has 4 aliphatic heterocycles. The third-order valence-corrected chi connectivity index (χ3v) is 11.2. The van der Waals surface area contributed by atoms with Crippen molar-refractivity contribution in [2.45, 2.75) is 95.4 Å². The molecule has 10 heteroatoms. The van der Waals surface area contributed by atoms with Gasteiger partial charge in [0.25, 0.3) is 5.91 Å². The summed E-state index contributed by atoms with van der Waals surface area (Å²) in [5.41, 5.74) is 0.731. The van der Waals surface area contributed by atoms with E-state index in [4.69, 9.17) is 4.74 Å². The summed E-state index contributed by atoms with van der Waals surface area (Å²) in [6.45, 7) is 4.05. The molecule has 2 aliphatic carbocycles. The van der Waals surface area contributed by atoms with E-state index >= 15 is 0 Å². The maximum atomic E-state index is 13.1. The average molecular weight is 588 g/mol. The Bertz CT molecular complexity index is 1350. The zero-order valence-corrected chi connectivity index (χ0v) is 24.8. The molecule has 10 nitrogen and oxygen atoms in total. The Balaban J connectivity index is 0.930. The number of imide groups is 1. The van der Waals surface area contributed by atoms with Gasteiger partial charge in [-0.15, -0.1) is 0 Å². The van der Waals surface area contributed by atoms with Gasteiger partial charge in [-0.2, -0.15) is 5.26 Å². The number of benzene rings is 1. The van der Waals surface area contributed by atoms with Crippen LogP contribution in [0, 0.1) is 28.6 Å². The minimum absolute atomic E-state index is 0.0664. The van der Waals surface area contributed by atoms with E-state index in [-0.39, 0.29) is 30.2 Å². The van der Waals surface area contributed by atoms with Crippen LogP contribution in [-0.2, 0) is 20.9 Å². The van der Waals surface area contributed by atoms with Crippen LogP contribution in [0.3, 0.4) is 0 Å². The molecular formula is C33H41N5O5. The largest absolute Gasteiger partial charge is 0.489 e. The Morgan fingerprint density at radius 3 is 2.44 bits per heavy atom. The Hall–Kier alpha value is -3.45. The molecule has 228 valence electrons. The molecule has 6 aliphatic rings. The quantitative estimate of drug-likeness (QED) is 0.508. The number of nitriles is 1. The van der Waals surface area contributed by atoms with Gasteiger partial charge in [0.05, 0.1) is 6.07 Å². The first kappa shape index (κ1) is 28.3. The summed E-state index contributed by atoms with van der Waals surface area (Å²) in [5, 5.41) is 11.9. The standard InChI is InChI=1S/C33H41N5O5/c34-20-33(12-3-13-33)32(42)36-14-10-21(11-15-36)23-17-37(18-23)26-4-1-2-5-28(26)43-24-6-7-25-22(16-24)19-38(31(25)41)27-8-9-29(39)35-30(27)40/h6-7,16,21,23,26-28H,1-5,8-15,17-19H2,(H,35,39,40)/t26-,27?,28?/m1/s1. The molecule has 4 heterocycles. The number of likely N-dealkylation sites (tertiary alicyclic amines) is 2. The van der Waals surface area contributed by atoms with Crippen molar-refractivity contribution in [2.75, 3.05) is 26.2 Å². The van der Waals surface area contributed by atoms with Gasteiger partial charge in [0.15, 0.2) is 0 Å². The lowest BCUT2D eigenvalue weighted by atomic mass is 9.68. The van der Waals surface area contributed by atoms with Gasteiger partial charge < -0.3 is 14.5 Å². The van der Waals surface area contributed by atoms with Gasteiger partial charge in [0.2, 0.25) is 17.7 Å². The monoisotopic (exact) mass is 587 g/mol. The molecule has 0 bridgehead atoms. The topological polar surface area (TPSA) is 123 Å². The maximum Gasteiger partial charge on any atom is 0.255 e. The Morgan fingerprint density at radius 1 is 0.977 bits per heavy atom. The molecular weight excluding hydrogens is 546 g/mol. The summed E-state index contributed by atoms with van der Waals surface area (Å²) < 4.78 is 6.62. The maximum absolute atomic E-state index is 13.1. The number of amides is 4. The van der Waals surface area contributed by atoms with Crippen molar-refractivity contribution in [2.24, 2.45) is 17.3 Å². The Morgan fingerprint density at radius 2 is 1.74 bits per heavy atom. The number of ether oxygens (including phenoxy) is 1. The first-order valence-corrected chi connectivity index (χ1v) is 16.2. The molecule has 1 aromatic rings. The first-order chi connectivity index (χ1) is 20.8. The number of fused-ring (bicyclic) bond motifs is 1. The molecule has 1 N–H and O–H groups in total. The predicted octanol–water partition coefficient (Wildman–Crippen LogP) is 3.00. The highest BCUT2D eigenvalue weighted by Gasteiger charge is 2.48. The predicted molar refractivity (Wildman–Crippen MR) is 155 cm³/mol. The number of nitrogens with one attached hydrogen (secondary N) is 1. The molecule has 0 radical (unpaired) electrons. The van der Waals surface area contributed by atoms with Crippen molar-refractivity contribution < 1.29 is 23.9 Å². The highest BCUT2D eigenvalue weighted by molar-refractivity contribution is 6.05. The van der Waals surface area contributed by atoms with Crippen LogP contribution in [0.5, 0.6) is 5.75 Å². The number of rotatable bonds is 6. The lowest BCUT2D eigenvalue weighted by Crippen LogP contribution is -2.60. The Kier molecular flexibility index (Phi) is 7.40. The summed E-state index contributed by atoms with van der Waals surface area (Å²) in [4.78, 5) is 56.1. The minimum atomic E-state index is -0.739. The van der Waals surface area contributed by atoms with Crippen molar-refractivity contribution in [3.05, 3.63) is 29.3 Å². The van der Waals surface area contributed by atoms with E-state index in [0.717, 1.165) is 88.9 Å². The van der Waals surface area contributed by atoms with Crippen LogP contribution >= 0.6 is 0 Å². The molecule has 4 amide bonds. The fourth-order valence-electron chi connectivity index (χ4n) is 8.33. The summed E-state index contributed by atoms with van der Waals surface area (Å²) >= 11 is 0. The van der Waals surface area contributed by atoms with Gasteiger partial charge in [0.1, 0.15) is 23.3 Å². The van der Waals surface area contributed by atoms with Crippen molar-refractivity contribution in [3.8, 4) is 11.8 Å². The van der Waals surface area contributed by atoms with E-state index in [9.17, 15) is 24.4 Å². The molecule has 5 fully saturated rings. The summed E-state index contributed by atoms with van der Waals surface area (Å²) in [7, 11) is 0. The summed E-state index contributed by atoms with van der Waals surface area (Å²) in [6.07, 6.45) is 9.63. The molecule has 0 spiro atoms. The van der Waals surface area contributed by atoms with E-state index in [1.165, 1.54) is 6.42 Å². The van der Waals surface area contributed by atoms with Crippen LogP contribution in [-0.4, -0.2) is 82.7 Å². The molecule has 0 aromatic heterocycles. The third kappa shape index (κ3) is 5.09. The van der Waals surface area contributed by atoms with Crippen LogP contribution < -0.4 is 10.1 Å². The zero-order chi connectivity index (χ0) is 29.7. The number of carbonyl (C=O) groups excluding carboxylic acids is 4. The van der Waals surface area contributed by atoms with Crippen LogP contribution in [0.4, 0.5) is 0 Å². The van der Waals surface area contributed by atoms with E-state index in [1.54, 1.807) is 4.90 Å². The number of carbonyl (C=O) groups is 4. The second-order valence-corrected chi connectivity index (χ2v) is 13.6. The fourth-order valence-corrected chi connectivity index (χ4v) is 8.33. The van der Waals surface area contributed by atoms with Crippen LogP contribution in [0.15, 0.2) is 18.2 Å². The molecule has 2 saturated carbocycles. The Labute approximate surface area is 252 Å². The van der Waals surface area contributed by atoms with E-state index in [2.05, 4.69) is 16.3 Å². The second-order valence-electron chi connectivity index (χ2n) is 13.6. The van der Waals surface area contributed by atoms with Gasteiger partial charge in [-0.05, 0) is 93.4 Å². The fraction of sp³-hybridized carbons (Fsp3) is 0.667. The minimum Gasteiger partial charge on any atom is -0.489 e. The number of hydrogen-bond donors (Lipinski definition) is 1. The SMILES string of the molecule is N#CC1(C(=O)N2CCC(C3CN([C@@H]4CCCCC4Oc4ccc5c(c4)CN(C4CCC(=O)NC4=O)C5=O)C3)CC2)CCC1. The van der Waals surface area contributed by atoms with Crippen molar-refractivity contribution in [1.29, 1.82) is 5.26 Å². The number of hydrogen-bond acceptors (Lipinski definition) is 7. The zero-order valence-electron chi connectivity index (χ0n) is 24.8. The molecule has 2 unspecified atom stereocenters. The van der Waals surface area contributed by atoms with Crippen LogP contribution in [0.25, 0.3) is 0 Å². The smallest absolute Gasteiger partial charge is 0.255 e. The molecule has 7 rings (SSSR count). The van der Waals surface area contributed by atoms with Crippen LogP contribution in [0.1, 0.15) is 86.6 Å². The van der Waals surface area contributed by atoms with Crippen molar-refractivity contribution in [1.82, 2.24) is 20.0 Å². The molecule has 1 aromatic carbocycles. The van der Waals surface area contributed by atoms with Gasteiger partial charge >= 0.3 is 0 Å². The van der Waals surface area contributed by atoms with Gasteiger partial charge in [-0.25, -0.2) is 0 Å². The average Bonchev–Trinajstić information content (AvgIpc) is 3.28. The summed E-state index contributed by atoms with van der Waals surface area (Å²) in [6, 6.07) is 7.72. The van der Waals surface area contributed by atoms with Crippen LogP contribution in [0.2, 0.25) is 0 Å². The van der Waals surface area contributed by atoms with E-state index < -0.39 is 17.4 Å². The number of piperidine rings is 2. The lowest BCUT2D eigenvalue weighted by molar-refractivity contribution is -0.145. The number of nitrogens with zero attached hydrogens (tertiary/aromatic N) is 4.